The summed E-state index contributed by atoms with van der Waals surface area (Å²) in [4.78, 5) is 12.1. The molecule has 1 aliphatic rings. The van der Waals surface area contributed by atoms with Gasteiger partial charge >= 0.3 is 5.97 Å². The van der Waals surface area contributed by atoms with E-state index >= 15 is 0 Å². The van der Waals surface area contributed by atoms with Crippen molar-refractivity contribution in [1.29, 1.82) is 0 Å². The van der Waals surface area contributed by atoms with Crippen LogP contribution in [-0.2, 0) is 9.53 Å². The van der Waals surface area contributed by atoms with Crippen molar-refractivity contribution in [1.82, 2.24) is 0 Å². The lowest BCUT2D eigenvalue weighted by Crippen LogP contribution is -2.18. The molecule has 0 saturated heterocycles. The molecule has 0 amide bonds. The standard InChI is InChI=1S/C18H24O2/c1-18(2,3)12-13-10-15(14-8-6-5-7-9-14)16(11-13)17(19)20-4/h5-9,12,15-16H,10-11H2,1-4H3/b13-12-. The summed E-state index contributed by atoms with van der Waals surface area (Å²) >= 11 is 0. The molecule has 0 heterocycles. The average Bonchev–Trinajstić information content (AvgIpc) is 2.80. The summed E-state index contributed by atoms with van der Waals surface area (Å²) in [6.45, 7) is 6.59. The predicted molar refractivity (Wildman–Crippen MR) is 81.5 cm³/mol. The Morgan fingerprint density at radius 2 is 1.85 bits per heavy atom. The van der Waals surface area contributed by atoms with Crippen LogP contribution in [0.3, 0.4) is 0 Å². The Balaban J connectivity index is 2.29. The van der Waals surface area contributed by atoms with E-state index in [-0.39, 0.29) is 23.2 Å². The van der Waals surface area contributed by atoms with Crippen molar-refractivity contribution in [3.8, 4) is 0 Å². The number of benzene rings is 1. The molecule has 1 aliphatic carbocycles. The summed E-state index contributed by atoms with van der Waals surface area (Å²) in [7, 11) is 1.48. The minimum atomic E-state index is -0.0869. The van der Waals surface area contributed by atoms with E-state index in [9.17, 15) is 4.79 Å². The number of methoxy groups -OCH3 is 1. The van der Waals surface area contributed by atoms with Crippen LogP contribution in [0.1, 0.15) is 45.1 Å². The van der Waals surface area contributed by atoms with Crippen molar-refractivity contribution in [2.45, 2.75) is 39.5 Å². The van der Waals surface area contributed by atoms with E-state index in [0.717, 1.165) is 12.8 Å². The molecule has 1 fully saturated rings. The maximum atomic E-state index is 12.1. The third kappa shape index (κ3) is 3.50. The minimum absolute atomic E-state index is 0.0454. The van der Waals surface area contributed by atoms with E-state index in [1.165, 1.54) is 18.2 Å². The molecular weight excluding hydrogens is 248 g/mol. The Morgan fingerprint density at radius 1 is 1.20 bits per heavy atom. The molecule has 0 radical (unpaired) electrons. The van der Waals surface area contributed by atoms with E-state index in [4.69, 9.17) is 4.74 Å². The lowest BCUT2D eigenvalue weighted by atomic mass is 9.89. The van der Waals surface area contributed by atoms with Crippen LogP contribution in [0.4, 0.5) is 0 Å². The molecule has 1 aromatic rings. The van der Waals surface area contributed by atoms with Crippen LogP contribution in [0.2, 0.25) is 0 Å². The topological polar surface area (TPSA) is 26.3 Å². The summed E-state index contributed by atoms with van der Waals surface area (Å²) in [5.74, 6) is 0.115. The van der Waals surface area contributed by atoms with E-state index in [1.54, 1.807) is 0 Å². The first-order chi connectivity index (χ1) is 9.40. The van der Waals surface area contributed by atoms with Gasteiger partial charge < -0.3 is 4.74 Å². The van der Waals surface area contributed by atoms with Gasteiger partial charge in [-0.05, 0) is 23.8 Å². The van der Waals surface area contributed by atoms with Crippen LogP contribution in [0, 0.1) is 11.3 Å². The molecule has 2 rings (SSSR count). The van der Waals surface area contributed by atoms with Crippen molar-refractivity contribution in [3.05, 3.63) is 47.5 Å². The summed E-state index contributed by atoms with van der Waals surface area (Å²) in [5.41, 5.74) is 2.77. The van der Waals surface area contributed by atoms with E-state index < -0.39 is 0 Å². The van der Waals surface area contributed by atoms with Crippen molar-refractivity contribution in [2.75, 3.05) is 7.11 Å². The second-order valence-corrected chi connectivity index (χ2v) is 6.72. The fraction of sp³-hybridized carbons (Fsp3) is 0.500. The number of esters is 1. The highest BCUT2D eigenvalue weighted by molar-refractivity contribution is 5.75. The van der Waals surface area contributed by atoms with Crippen LogP contribution in [0.5, 0.6) is 0 Å². The molecule has 2 unspecified atom stereocenters. The second kappa shape index (κ2) is 5.82. The monoisotopic (exact) mass is 272 g/mol. The van der Waals surface area contributed by atoms with Gasteiger partial charge in [-0.25, -0.2) is 0 Å². The van der Waals surface area contributed by atoms with Gasteiger partial charge in [0.1, 0.15) is 0 Å². The Labute approximate surface area is 121 Å². The summed E-state index contributed by atoms with van der Waals surface area (Å²) in [6.07, 6.45) is 4.09. The van der Waals surface area contributed by atoms with Gasteiger partial charge in [-0.3, -0.25) is 4.79 Å². The Kier molecular flexibility index (Phi) is 4.32. The third-order valence-corrected chi connectivity index (χ3v) is 3.82. The van der Waals surface area contributed by atoms with Crippen molar-refractivity contribution in [2.24, 2.45) is 11.3 Å². The molecule has 20 heavy (non-hydrogen) atoms. The Bertz CT molecular complexity index is 494. The lowest BCUT2D eigenvalue weighted by molar-refractivity contribution is -0.145. The Morgan fingerprint density at radius 3 is 2.40 bits per heavy atom. The quantitative estimate of drug-likeness (QED) is 0.592. The number of allylic oxidation sites excluding steroid dienone is 2. The molecule has 2 heteroatoms. The van der Waals surface area contributed by atoms with E-state index in [2.05, 4.69) is 39.0 Å². The highest BCUT2D eigenvalue weighted by atomic mass is 16.5. The normalized spacial score (nSPS) is 24.9. The first-order valence-electron chi connectivity index (χ1n) is 7.24. The zero-order valence-corrected chi connectivity index (χ0v) is 12.8. The van der Waals surface area contributed by atoms with Gasteiger partial charge in [0.25, 0.3) is 0 Å². The van der Waals surface area contributed by atoms with Gasteiger partial charge in [0.15, 0.2) is 0 Å². The molecule has 1 saturated carbocycles. The summed E-state index contributed by atoms with van der Waals surface area (Å²) < 4.78 is 5.00. The van der Waals surface area contributed by atoms with Gasteiger partial charge in [0, 0.05) is 5.92 Å². The smallest absolute Gasteiger partial charge is 0.309 e. The van der Waals surface area contributed by atoms with Crippen LogP contribution < -0.4 is 0 Å². The molecule has 0 aromatic heterocycles. The van der Waals surface area contributed by atoms with Gasteiger partial charge in [-0.15, -0.1) is 0 Å². The predicted octanol–water partition coefficient (Wildman–Crippen LogP) is 4.33. The summed E-state index contributed by atoms with van der Waals surface area (Å²) in [6, 6.07) is 10.3. The SMILES string of the molecule is COC(=O)C1C/C(=C\C(C)(C)C)CC1c1ccccc1. The van der Waals surface area contributed by atoms with Crippen molar-refractivity contribution >= 4 is 5.97 Å². The Hall–Kier alpha value is -1.57. The third-order valence-electron chi connectivity index (χ3n) is 3.82. The van der Waals surface area contributed by atoms with Gasteiger partial charge in [-0.1, -0.05) is 62.8 Å². The van der Waals surface area contributed by atoms with Gasteiger partial charge in [0.05, 0.1) is 13.0 Å². The van der Waals surface area contributed by atoms with E-state index in [1.807, 2.05) is 18.2 Å². The average molecular weight is 272 g/mol. The highest BCUT2D eigenvalue weighted by Gasteiger charge is 2.37. The number of carbonyl (C=O) groups excluding carboxylic acids is 1. The largest absolute Gasteiger partial charge is 0.469 e. The summed E-state index contributed by atoms with van der Waals surface area (Å²) in [5, 5.41) is 0. The van der Waals surface area contributed by atoms with Crippen molar-refractivity contribution < 1.29 is 9.53 Å². The maximum absolute atomic E-state index is 12.1. The van der Waals surface area contributed by atoms with Crippen LogP contribution >= 0.6 is 0 Å². The maximum Gasteiger partial charge on any atom is 0.309 e. The van der Waals surface area contributed by atoms with Gasteiger partial charge in [0.2, 0.25) is 0 Å². The fourth-order valence-electron chi connectivity index (χ4n) is 3.11. The number of rotatable bonds is 2. The highest BCUT2D eigenvalue weighted by Crippen LogP contribution is 2.44. The molecule has 108 valence electrons. The van der Waals surface area contributed by atoms with Crippen LogP contribution in [0.15, 0.2) is 42.0 Å². The number of carbonyl (C=O) groups is 1. The van der Waals surface area contributed by atoms with Crippen LogP contribution in [0.25, 0.3) is 0 Å². The lowest BCUT2D eigenvalue weighted by Gasteiger charge is -2.17. The zero-order valence-electron chi connectivity index (χ0n) is 12.8. The molecule has 2 atom stereocenters. The van der Waals surface area contributed by atoms with Crippen LogP contribution in [-0.4, -0.2) is 13.1 Å². The van der Waals surface area contributed by atoms with E-state index in [0.29, 0.717) is 0 Å². The molecular formula is C18H24O2. The minimum Gasteiger partial charge on any atom is -0.469 e. The molecule has 0 bridgehead atoms. The first-order valence-corrected chi connectivity index (χ1v) is 7.24. The number of ether oxygens (including phenoxy) is 1. The second-order valence-electron chi connectivity index (χ2n) is 6.72. The zero-order chi connectivity index (χ0) is 14.8. The molecule has 1 aromatic carbocycles. The fourth-order valence-corrected chi connectivity index (χ4v) is 3.11. The molecule has 2 nitrogen and oxygen atoms in total. The number of hydrogen-bond acceptors (Lipinski definition) is 2. The number of hydrogen-bond donors (Lipinski definition) is 0. The van der Waals surface area contributed by atoms with Crippen molar-refractivity contribution in [3.63, 3.8) is 0 Å². The molecule has 0 spiro atoms. The van der Waals surface area contributed by atoms with Gasteiger partial charge in [-0.2, -0.15) is 0 Å². The first kappa shape index (κ1) is 14.8. The molecule has 0 aliphatic heterocycles. The molecule has 0 N–H and O–H groups in total.